The van der Waals surface area contributed by atoms with Gasteiger partial charge in [0.05, 0.1) is 10.7 Å². The predicted octanol–water partition coefficient (Wildman–Crippen LogP) is 4.78. The Morgan fingerprint density at radius 3 is 2.21 bits per heavy atom. The number of nitrogens with one attached hydrogen (secondary N) is 2. The maximum absolute atomic E-state index is 13.0. The summed E-state index contributed by atoms with van der Waals surface area (Å²) in [5.74, 6) is -0.573. The fourth-order valence-corrected chi connectivity index (χ4v) is 3.58. The largest absolute Gasteiger partial charge is 0.326 e. The van der Waals surface area contributed by atoms with Crippen molar-refractivity contribution in [3.8, 4) is 0 Å². The second-order valence-corrected chi connectivity index (χ2v) is 7.34. The molecule has 2 aromatic carbocycles. The van der Waals surface area contributed by atoms with E-state index < -0.39 is 0 Å². The summed E-state index contributed by atoms with van der Waals surface area (Å²) in [5.41, 5.74) is 2.91. The van der Waals surface area contributed by atoms with E-state index in [2.05, 4.69) is 15.6 Å². The fourth-order valence-electron chi connectivity index (χ4n) is 2.59. The van der Waals surface area contributed by atoms with Crippen molar-refractivity contribution in [3.63, 3.8) is 0 Å². The fraction of sp³-hybridized carbons (Fsp3) is 0.190. The molecule has 0 aliphatic heterocycles. The van der Waals surface area contributed by atoms with Gasteiger partial charge in [-0.05, 0) is 48.9 Å². The molecule has 7 heteroatoms. The number of amides is 2. The van der Waals surface area contributed by atoms with E-state index in [1.165, 1.54) is 23.5 Å². The van der Waals surface area contributed by atoms with E-state index in [1.807, 2.05) is 0 Å². The topological polar surface area (TPSA) is 71.1 Å². The number of aromatic nitrogens is 1. The first kappa shape index (κ1) is 19.7. The lowest BCUT2D eigenvalue weighted by atomic mass is 10.1. The summed E-state index contributed by atoms with van der Waals surface area (Å²) in [4.78, 5) is 29.0. The van der Waals surface area contributed by atoms with Crippen molar-refractivity contribution in [3.05, 3.63) is 75.5 Å². The van der Waals surface area contributed by atoms with Crippen LogP contribution in [-0.2, 0) is 11.2 Å². The minimum Gasteiger partial charge on any atom is -0.326 e. The maximum Gasteiger partial charge on any atom is 0.267 e. The normalized spacial score (nSPS) is 10.5. The average molecular weight is 397 g/mol. The van der Waals surface area contributed by atoms with Crippen molar-refractivity contribution in [2.24, 2.45) is 0 Å². The smallest absolute Gasteiger partial charge is 0.267 e. The number of aryl methyl sites for hydroxylation is 1. The first-order valence-electron chi connectivity index (χ1n) is 8.86. The number of hydrogen-bond acceptors (Lipinski definition) is 4. The van der Waals surface area contributed by atoms with Gasteiger partial charge >= 0.3 is 0 Å². The lowest BCUT2D eigenvalue weighted by molar-refractivity contribution is -0.115. The van der Waals surface area contributed by atoms with Gasteiger partial charge in [-0.15, -0.1) is 11.3 Å². The molecule has 0 atom stereocenters. The summed E-state index contributed by atoms with van der Waals surface area (Å²) >= 11 is 1.33. The third-order valence-electron chi connectivity index (χ3n) is 4.06. The Hall–Kier alpha value is -3.06. The zero-order valence-electron chi connectivity index (χ0n) is 15.6. The van der Waals surface area contributed by atoms with Gasteiger partial charge in [-0.25, -0.2) is 9.37 Å². The molecule has 3 rings (SSSR count). The van der Waals surface area contributed by atoms with Crippen LogP contribution in [-0.4, -0.2) is 16.8 Å². The van der Waals surface area contributed by atoms with Crippen molar-refractivity contribution >= 4 is 34.5 Å². The minimum absolute atomic E-state index is 0.0641. The van der Waals surface area contributed by atoms with Crippen LogP contribution in [0.2, 0.25) is 0 Å². The molecular formula is C21H20FN3O2S. The van der Waals surface area contributed by atoms with Crippen LogP contribution in [0.1, 0.15) is 39.3 Å². The molecule has 1 heterocycles. The molecule has 0 saturated carbocycles. The standard InChI is InChI=1S/C21H20FN3O2S/c1-3-18(26)24-16-8-10-17(11-9-16)25-21(27)20-13(2)23-19(28-20)12-14-4-6-15(22)7-5-14/h4-11H,3,12H2,1-2H3,(H,24,26)(H,25,27). The van der Waals surface area contributed by atoms with E-state index in [4.69, 9.17) is 0 Å². The molecule has 0 unspecified atom stereocenters. The molecular weight excluding hydrogens is 377 g/mol. The van der Waals surface area contributed by atoms with Crippen molar-refractivity contribution in [2.75, 3.05) is 10.6 Å². The van der Waals surface area contributed by atoms with Gasteiger partial charge in [-0.3, -0.25) is 9.59 Å². The van der Waals surface area contributed by atoms with Crippen LogP contribution >= 0.6 is 11.3 Å². The van der Waals surface area contributed by atoms with Crippen molar-refractivity contribution in [2.45, 2.75) is 26.7 Å². The molecule has 0 fully saturated rings. The molecule has 0 aliphatic rings. The number of thiazole rings is 1. The quantitative estimate of drug-likeness (QED) is 0.629. The molecule has 0 aliphatic carbocycles. The highest BCUT2D eigenvalue weighted by atomic mass is 32.1. The SMILES string of the molecule is CCC(=O)Nc1ccc(NC(=O)c2sc(Cc3ccc(F)cc3)nc2C)cc1. The lowest BCUT2D eigenvalue weighted by Crippen LogP contribution is -2.12. The van der Waals surface area contributed by atoms with Gasteiger partial charge in [-0.2, -0.15) is 0 Å². The van der Waals surface area contributed by atoms with Crippen molar-refractivity contribution < 1.29 is 14.0 Å². The first-order valence-corrected chi connectivity index (χ1v) is 9.68. The Morgan fingerprint density at radius 1 is 1.00 bits per heavy atom. The third-order valence-corrected chi connectivity index (χ3v) is 5.22. The zero-order chi connectivity index (χ0) is 20.1. The van der Waals surface area contributed by atoms with Crippen LogP contribution < -0.4 is 10.6 Å². The Kier molecular flexibility index (Phi) is 6.16. The molecule has 3 aromatic rings. The number of carbonyl (C=O) groups excluding carboxylic acids is 2. The van der Waals surface area contributed by atoms with Crippen LogP contribution in [0.3, 0.4) is 0 Å². The summed E-state index contributed by atoms with van der Waals surface area (Å²) in [6.45, 7) is 3.58. The summed E-state index contributed by atoms with van der Waals surface area (Å²) in [6, 6.07) is 13.2. The molecule has 1 aromatic heterocycles. The molecule has 144 valence electrons. The van der Waals surface area contributed by atoms with Crippen LogP contribution in [0.4, 0.5) is 15.8 Å². The average Bonchev–Trinajstić information content (AvgIpc) is 3.05. The van der Waals surface area contributed by atoms with Crippen LogP contribution in [0.5, 0.6) is 0 Å². The first-order chi connectivity index (χ1) is 13.4. The van der Waals surface area contributed by atoms with Crippen LogP contribution in [0.15, 0.2) is 48.5 Å². The molecule has 28 heavy (non-hydrogen) atoms. The van der Waals surface area contributed by atoms with Gasteiger partial charge in [0.25, 0.3) is 5.91 Å². The molecule has 2 amide bonds. The number of nitrogens with zero attached hydrogens (tertiary/aromatic N) is 1. The molecule has 5 nitrogen and oxygen atoms in total. The van der Waals surface area contributed by atoms with E-state index in [-0.39, 0.29) is 17.6 Å². The summed E-state index contributed by atoms with van der Waals surface area (Å²) < 4.78 is 13.0. The van der Waals surface area contributed by atoms with E-state index in [1.54, 1.807) is 50.2 Å². The van der Waals surface area contributed by atoms with Crippen LogP contribution in [0, 0.1) is 12.7 Å². The second-order valence-electron chi connectivity index (χ2n) is 6.26. The summed E-state index contributed by atoms with van der Waals surface area (Å²) in [7, 11) is 0. The Labute approximate surface area is 166 Å². The Balaban J connectivity index is 1.66. The van der Waals surface area contributed by atoms with E-state index >= 15 is 0 Å². The third kappa shape index (κ3) is 5.01. The molecule has 0 spiro atoms. The monoisotopic (exact) mass is 397 g/mol. The van der Waals surface area contributed by atoms with Crippen molar-refractivity contribution in [1.82, 2.24) is 4.98 Å². The van der Waals surface area contributed by atoms with Crippen molar-refractivity contribution in [1.29, 1.82) is 0 Å². The summed E-state index contributed by atoms with van der Waals surface area (Å²) in [5, 5.41) is 6.41. The highest BCUT2D eigenvalue weighted by Crippen LogP contribution is 2.23. The maximum atomic E-state index is 13.0. The molecule has 0 radical (unpaired) electrons. The Bertz CT molecular complexity index is 982. The highest BCUT2D eigenvalue weighted by molar-refractivity contribution is 7.14. The molecule has 0 bridgehead atoms. The van der Waals surface area contributed by atoms with Gasteiger partial charge in [0.15, 0.2) is 0 Å². The van der Waals surface area contributed by atoms with Crippen LogP contribution in [0.25, 0.3) is 0 Å². The number of benzene rings is 2. The molecule has 2 N–H and O–H groups in total. The lowest BCUT2D eigenvalue weighted by Gasteiger charge is -2.07. The minimum atomic E-state index is -0.278. The van der Waals surface area contributed by atoms with Gasteiger partial charge in [0, 0.05) is 24.2 Å². The van der Waals surface area contributed by atoms with Gasteiger partial charge < -0.3 is 10.6 Å². The number of hydrogen-bond donors (Lipinski definition) is 2. The van der Waals surface area contributed by atoms with E-state index in [0.29, 0.717) is 34.8 Å². The Morgan fingerprint density at radius 2 is 1.61 bits per heavy atom. The van der Waals surface area contributed by atoms with E-state index in [9.17, 15) is 14.0 Å². The number of carbonyl (C=O) groups is 2. The number of rotatable bonds is 6. The molecule has 0 saturated heterocycles. The van der Waals surface area contributed by atoms with Gasteiger partial charge in [0.1, 0.15) is 10.7 Å². The predicted molar refractivity (Wildman–Crippen MR) is 109 cm³/mol. The van der Waals surface area contributed by atoms with Gasteiger partial charge in [-0.1, -0.05) is 19.1 Å². The zero-order valence-corrected chi connectivity index (χ0v) is 16.4. The van der Waals surface area contributed by atoms with E-state index in [0.717, 1.165) is 10.6 Å². The number of halogens is 1. The number of anilines is 2. The highest BCUT2D eigenvalue weighted by Gasteiger charge is 2.16. The van der Waals surface area contributed by atoms with Gasteiger partial charge in [0.2, 0.25) is 5.91 Å². The summed E-state index contributed by atoms with van der Waals surface area (Å²) in [6.07, 6.45) is 0.953. The second kappa shape index (κ2) is 8.75.